The maximum absolute atomic E-state index is 2.84. The molecule has 0 aliphatic carbocycles. The van der Waals surface area contributed by atoms with Gasteiger partial charge in [0.05, 0.1) is 0 Å². The number of unbranched alkanes of at least 4 members (excludes halogenated alkanes) is 2. The van der Waals surface area contributed by atoms with Crippen LogP contribution < -0.4 is 0 Å². The zero-order valence-electron chi connectivity index (χ0n) is 16.0. The molecule has 0 radical (unpaired) electrons. The predicted octanol–water partition coefficient (Wildman–Crippen LogP) is 6.52. The van der Waals surface area contributed by atoms with E-state index < -0.39 is 0 Å². The lowest BCUT2D eigenvalue weighted by Crippen LogP contribution is -2.33. The predicted molar refractivity (Wildman–Crippen MR) is 97.9 cm³/mol. The van der Waals surface area contributed by atoms with Crippen LogP contribution in [0.15, 0.2) is 0 Å². The van der Waals surface area contributed by atoms with Gasteiger partial charge in [-0.25, -0.2) is 0 Å². The standard InChI is InChI=1S/C17H35N.C3H8/c1-5-9-11-17(12-10-6-2)18-13-15(7-3)16(8-4)14-18;1-3-2/h15-17H,5-14H2,1-4H3;3H2,1-2H3. The summed E-state index contributed by atoms with van der Waals surface area (Å²) in [4.78, 5) is 2.84. The van der Waals surface area contributed by atoms with E-state index in [1.807, 2.05) is 0 Å². The third-order valence-corrected chi connectivity index (χ3v) is 4.95. The molecule has 2 atom stereocenters. The van der Waals surface area contributed by atoms with Crippen molar-refractivity contribution >= 4 is 0 Å². The second-order valence-electron chi connectivity index (χ2n) is 6.94. The van der Waals surface area contributed by atoms with Crippen LogP contribution in [0, 0.1) is 11.8 Å². The highest BCUT2D eigenvalue weighted by Crippen LogP contribution is 2.32. The fourth-order valence-corrected chi connectivity index (χ4v) is 3.59. The van der Waals surface area contributed by atoms with Crippen molar-refractivity contribution in [2.75, 3.05) is 13.1 Å². The average Bonchev–Trinajstić information content (AvgIpc) is 2.91. The quantitative estimate of drug-likeness (QED) is 0.468. The summed E-state index contributed by atoms with van der Waals surface area (Å²) in [5.74, 6) is 1.95. The summed E-state index contributed by atoms with van der Waals surface area (Å²) in [6.07, 6.45) is 12.4. The molecular weight excluding hydrogens is 254 g/mol. The Morgan fingerprint density at radius 3 is 1.43 bits per heavy atom. The van der Waals surface area contributed by atoms with E-state index in [4.69, 9.17) is 0 Å². The van der Waals surface area contributed by atoms with E-state index in [-0.39, 0.29) is 0 Å². The Morgan fingerprint density at radius 2 is 1.14 bits per heavy atom. The van der Waals surface area contributed by atoms with E-state index in [1.54, 1.807) is 0 Å². The second-order valence-corrected chi connectivity index (χ2v) is 6.94. The molecule has 1 nitrogen and oxygen atoms in total. The van der Waals surface area contributed by atoms with Crippen molar-refractivity contribution in [1.29, 1.82) is 0 Å². The monoisotopic (exact) mass is 297 g/mol. The van der Waals surface area contributed by atoms with Gasteiger partial charge in [-0.05, 0) is 24.7 Å². The van der Waals surface area contributed by atoms with Crippen LogP contribution in [0.25, 0.3) is 0 Å². The first-order valence-electron chi connectivity index (χ1n) is 9.92. The van der Waals surface area contributed by atoms with E-state index in [2.05, 4.69) is 46.4 Å². The van der Waals surface area contributed by atoms with Gasteiger partial charge in [-0.15, -0.1) is 0 Å². The SMILES string of the molecule is CCC.CCCCC(CCCC)N1CC(CC)C(CC)C1. The molecule has 1 aliphatic heterocycles. The fraction of sp³-hybridized carbons (Fsp3) is 1.00. The molecular formula is C20H43N. The Hall–Kier alpha value is -0.0400. The molecule has 0 aromatic carbocycles. The lowest BCUT2D eigenvalue weighted by molar-refractivity contribution is 0.200. The van der Waals surface area contributed by atoms with Crippen molar-refractivity contribution in [3.63, 3.8) is 0 Å². The minimum absolute atomic E-state index is 0.885. The fourth-order valence-electron chi connectivity index (χ4n) is 3.59. The first kappa shape index (κ1) is 21.0. The molecule has 0 N–H and O–H groups in total. The van der Waals surface area contributed by atoms with E-state index in [9.17, 15) is 0 Å². The number of hydrogen-bond donors (Lipinski definition) is 0. The third-order valence-electron chi connectivity index (χ3n) is 4.95. The van der Waals surface area contributed by atoms with E-state index in [1.165, 1.54) is 70.9 Å². The summed E-state index contributed by atoms with van der Waals surface area (Å²) < 4.78 is 0. The zero-order chi connectivity index (χ0) is 16.1. The number of nitrogens with zero attached hydrogens (tertiary/aromatic N) is 1. The highest BCUT2D eigenvalue weighted by atomic mass is 15.2. The molecule has 128 valence electrons. The van der Waals surface area contributed by atoms with Crippen LogP contribution in [0.4, 0.5) is 0 Å². The van der Waals surface area contributed by atoms with Gasteiger partial charge >= 0.3 is 0 Å². The van der Waals surface area contributed by atoms with Gasteiger partial charge in [0.1, 0.15) is 0 Å². The maximum atomic E-state index is 2.84. The Morgan fingerprint density at radius 1 is 0.762 bits per heavy atom. The van der Waals surface area contributed by atoms with Crippen molar-refractivity contribution in [3.05, 3.63) is 0 Å². The van der Waals surface area contributed by atoms with Crippen molar-refractivity contribution < 1.29 is 0 Å². The van der Waals surface area contributed by atoms with Crippen LogP contribution in [0.2, 0.25) is 0 Å². The molecule has 1 saturated heterocycles. The van der Waals surface area contributed by atoms with Gasteiger partial charge < -0.3 is 0 Å². The average molecular weight is 298 g/mol. The van der Waals surface area contributed by atoms with Crippen LogP contribution in [-0.4, -0.2) is 24.0 Å². The summed E-state index contributed by atoms with van der Waals surface area (Å²) in [6.45, 7) is 16.4. The molecule has 0 amide bonds. The maximum Gasteiger partial charge on any atom is 0.00954 e. The second kappa shape index (κ2) is 13.6. The van der Waals surface area contributed by atoms with E-state index >= 15 is 0 Å². The van der Waals surface area contributed by atoms with E-state index in [0.717, 1.165) is 17.9 Å². The van der Waals surface area contributed by atoms with Crippen LogP contribution >= 0.6 is 0 Å². The molecule has 2 unspecified atom stereocenters. The van der Waals surface area contributed by atoms with Gasteiger partial charge in [0, 0.05) is 19.1 Å². The lowest BCUT2D eigenvalue weighted by Gasteiger charge is -2.28. The molecule has 1 heteroatoms. The summed E-state index contributed by atoms with van der Waals surface area (Å²) in [5, 5.41) is 0. The van der Waals surface area contributed by atoms with Gasteiger partial charge in [0.2, 0.25) is 0 Å². The Balaban J connectivity index is 0.00000122. The Bertz CT molecular complexity index is 194. The van der Waals surface area contributed by atoms with Gasteiger partial charge in [0.25, 0.3) is 0 Å². The van der Waals surface area contributed by atoms with Crippen molar-refractivity contribution in [2.45, 2.75) is 105 Å². The molecule has 0 spiro atoms. The van der Waals surface area contributed by atoms with Crippen LogP contribution in [0.5, 0.6) is 0 Å². The minimum Gasteiger partial charge on any atom is -0.300 e. The van der Waals surface area contributed by atoms with Crippen LogP contribution in [0.1, 0.15) is 99.3 Å². The van der Waals surface area contributed by atoms with Crippen LogP contribution in [-0.2, 0) is 0 Å². The Kier molecular flexibility index (Phi) is 13.6. The smallest absolute Gasteiger partial charge is 0.00954 e. The molecule has 1 fully saturated rings. The van der Waals surface area contributed by atoms with Crippen LogP contribution in [0.3, 0.4) is 0 Å². The molecule has 1 heterocycles. The van der Waals surface area contributed by atoms with E-state index in [0.29, 0.717) is 0 Å². The Labute approximate surface area is 135 Å². The molecule has 0 bridgehead atoms. The number of rotatable bonds is 9. The van der Waals surface area contributed by atoms with Crippen molar-refractivity contribution in [2.24, 2.45) is 11.8 Å². The highest BCUT2D eigenvalue weighted by molar-refractivity contribution is 4.86. The lowest BCUT2D eigenvalue weighted by atomic mass is 9.92. The number of hydrogen-bond acceptors (Lipinski definition) is 1. The summed E-state index contributed by atoms with van der Waals surface area (Å²) >= 11 is 0. The number of likely N-dealkylation sites (tertiary alicyclic amines) is 1. The molecule has 0 aromatic heterocycles. The van der Waals surface area contributed by atoms with Gasteiger partial charge in [0.15, 0.2) is 0 Å². The summed E-state index contributed by atoms with van der Waals surface area (Å²) in [6, 6.07) is 0.885. The molecule has 21 heavy (non-hydrogen) atoms. The van der Waals surface area contributed by atoms with Crippen molar-refractivity contribution in [1.82, 2.24) is 4.90 Å². The van der Waals surface area contributed by atoms with Gasteiger partial charge in [-0.2, -0.15) is 0 Å². The summed E-state index contributed by atoms with van der Waals surface area (Å²) in [5.41, 5.74) is 0. The topological polar surface area (TPSA) is 3.24 Å². The first-order chi connectivity index (χ1) is 10.2. The summed E-state index contributed by atoms with van der Waals surface area (Å²) in [7, 11) is 0. The third kappa shape index (κ3) is 8.24. The molecule has 1 aliphatic rings. The van der Waals surface area contributed by atoms with Gasteiger partial charge in [-0.1, -0.05) is 86.5 Å². The molecule has 1 rings (SSSR count). The molecule has 0 aromatic rings. The van der Waals surface area contributed by atoms with Gasteiger partial charge in [-0.3, -0.25) is 4.90 Å². The first-order valence-corrected chi connectivity index (χ1v) is 9.92. The largest absolute Gasteiger partial charge is 0.300 e. The van der Waals surface area contributed by atoms with Crippen molar-refractivity contribution in [3.8, 4) is 0 Å². The highest BCUT2D eigenvalue weighted by Gasteiger charge is 2.33. The normalized spacial score (nSPS) is 22.4. The minimum atomic E-state index is 0.885. The molecule has 0 saturated carbocycles. The zero-order valence-corrected chi connectivity index (χ0v) is 16.0.